The summed E-state index contributed by atoms with van der Waals surface area (Å²) in [6, 6.07) is 0. The molecule has 0 spiro atoms. The fraction of sp³-hybridized carbons (Fsp3) is 1.00. The van der Waals surface area contributed by atoms with Crippen molar-refractivity contribution in [3.05, 3.63) is 0 Å². The molecule has 1 fully saturated rings. The summed E-state index contributed by atoms with van der Waals surface area (Å²) in [7, 11) is 0. The van der Waals surface area contributed by atoms with Gasteiger partial charge in [-0.2, -0.15) is 0 Å². The molecule has 1 saturated heterocycles. The van der Waals surface area contributed by atoms with Gasteiger partial charge in [-0.1, -0.05) is 15.9 Å². The van der Waals surface area contributed by atoms with Gasteiger partial charge in [0, 0.05) is 25.0 Å². The third-order valence-corrected chi connectivity index (χ3v) is 2.00. The lowest BCUT2D eigenvalue weighted by Crippen LogP contribution is -2.23. The molecule has 9 heavy (non-hydrogen) atoms. The van der Waals surface area contributed by atoms with Crippen molar-refractivity contribution >= 4 is 15.9 Å². The van der Waals surface area contributed by atoms with Gasteiger partial charge in [-0.25, -0.2) is 0 Å². The molecule has 0 amide bonds. The average Bonchev–Trinajstić information content (AvgIpc) is 2.17. The van der Waals surface area contributed by atoms with Gasteiger partial charge in [0.1, 0.15) is 0 Å². The highest BCUT2D eigenvalue weighted by atomic mass is 79.9. The van der Waals surface area contributed by atoms with Gasteiger partial charge < -0.3 is 5.11 Å². The highest BCUT2D eigenvalue weighted by molar-refractivity contribution is 9.09. The molecule has 1 aliphatic heterocycles. The number of hydrogen-bond donors (Lipinski definition) is 1. The molecule has 0 radical (unpaired) electrons. The van der Waals surface area contributed by atoms with Crippen LogP contribution in [0.2, 0.25) is 0 Å². The number of β-amino-alcohol motifs (C(OH)–C–C–N with tert-alkyl or cyclic N) is 1. The van der Waals surface area contributed by atoms with Crippen LogP contribution in [0.15, 0.2) is 0 Å². The normalized spacial score (nSPS) is 29.3. The Hall–Kier alpha value is 0.400. The number of halogens is 1. The van der Waals surface area contributed by atoms with E-state index in [9.17, 15) is 0 Å². The lowest BCUT2D eigenvalue weighted by molar-refractivity contribution is 0.178. The monoisotopic (exact) mass is 193 g/mol. The minimum Gasteiger partial charge on any atom is -0.392 e. The van der Waals surface area contributed by atoms with Crippen LogP contribution in [0.4, 0.5) is 0 Å². The van der Waals surface area contributed by atoms with E-state index in [0.717, 1.165) is 31.4 Å². The Morgan fingerprint density at radius 1 is 1.67 bits per heavy atom. The van der Waals surface area contributed by atoms with Gasteiger partial charge in [-0.05, 0) is 6.42 Å². The van der Waals surface area contributed by atoms with Gasteiger partial charge in [0.25, 0.3) is 0 Å². The van der Waals surface area contributed by atoms with E-state index in [1.165, 1.54) is 0 Å². The highest BCUT2D eigenvalue weighted by Crippen LogP contribution is 2.07. The third-order valence-electron chi connectivity index (χ3n) is 1.65. The summed E-state index contributed by atoms with van der Waals surface area (Å²) in [6.07, 6.45) is 0.886. The maximum Gasteiger partial charge on any atom is 0.0679 e. The van der Waals surface area contributed by atoms with Crippen molar-refractivity contribution in [2.45, 2.75) is 12.5 Å². The fourth-order valence-electron chi connectivity index (χ4n) is 1.13. The predicted octanol–water partition coefficient (Wildman–Crippen LogP) is 0.448. The first-order chi connectivity index (χ1) is 4.33. The predicted molar refractivity (Wildman–Crippen MR) is 40.9 cm³/mol. The van der Waals surface area contributed by atoms with E-state index in [1.54, 1.807) is 0 Å². The maximum atomic E-state index is 9.07. The van der Waals surface area contributed by atoms with Crippen LogP contribution in [0.1, 0.15) is 6.42 Å². The summed E-state index contributed by atoms with van der Waals surface area (Å²) in [4.78, 5) is 2.26. The van der Waals surface area contributed by atoms with Crippen molar-refractivity contribution in [1.29, 1.82) is 0 Å². The fourth-order valence-corrected chi connectivity index (χ4v) is 1.64. The Morgan fingerprint density at radius 3 is 2.89 bits per heavy atom. The van der Waals surface area contributed by atoms with Crippen LogP contribution in [0.25, 0.3) is 0 Å². The first-order valence-electron chi connectivity index (χ1n) is 3.29. The van der Waals surface area contributed by atoms with Crippen LogP contribution in [0, 0.1) is 0 Å². The Morgan fingerprint density at radius 2 is 2.44 bits per heavy atom. The molecular weight excluding hydrogens is 182 g/mol. The number of alkyl halides is 1. The zero-order chi connectivity index (χ0) is 6.69. The van der Waals surface area contributed by atoms with Crippen molar-refractivity contribution < 1.29 is 5.11 Å². The summed E-state index contributed by atoms with van der Waals surface area (Å²) in [6.45, 7) is 3.00. The van der Waals surface area contributed by atoms with E-state index in [0.29, 0.717) is 0 Å². The lowest BCUT2D eigenvalue weighted by atomic mass is 10.3. The van der Waals surface area contributed by atoms with Crippen molar-refractivity contribution in [1.82, 2.24) is 4.90 Å². The number of likely N-dealkylation sites (tertiary alicyclic amines) is 1. The molecule has 1 atom stereocenters. The molecule has 0 aromatic heterocycles. The summed E-state index contributed by atoms with van der Waals surface area (Å²) < 4.78 is 0. The number of aliphatic hydroxyl groups is 1. The smallest absolute Gasteiger partial charge is 0.0679 e. The molecule has 0 saturated carbocycles. The molecule has 1 aliphatic rings. The Kier molecular flexibility index (Phi) is 2.95. The number of aliphatic hydroxyl groups excluding tert-OH is 1. The second-order valence-electron chi connectivity index (χ2n) is 2.43. The summed E-state index contributed by atoms with van der Waals surface area (Å²) in [5, 5.41) is 10.1. The molecule has 1 heterocycles. The van der Waals surface area contributed by atoms with Crippen LogP contribution in [0.5, 0.6) is 0 Å². The largest absolute Gasteiger partial charge is 0.392 e. The molecule has 1 unspecified atom stereocenters. The molecular formula is C6H12BrNO. The minimum atomic E-state index is -0.0657. The van der Waals surface area contributed by atoms with Crippen LogP contribution in [0.3, 0.4) is 0 Å². The average molecular weight is 194 g/mol. The summed E-state index contributed by atoms with van der Waals surface area (Å²) in [5.74, 6) is 0. The molecule has 1 rings (SSSR count). The number of rotatable bonds is 2. The standard InChI is InChI=1S/C6H12BrNO/c7-2-4-8-3-1-6(9)5-8/h6,9H,1-5H2. The second-order valence-corrected chi connectivity index (χ2v) is 3.23. The SMILES string of the molecule is OC1CCN(CCBr)C1. The molecule has 1 N–H and O–H groups in total. The van der Waals surface area contributed by atoms with E-state index in [2.05, 4.69) is 20.8 Å². The van der Waals surface area contributed by atoms with E-state index < -0.39 is 0 Å². The topological polar surface area (TPSA) is 23.5 Å². The molecule has 0 aromatic rings. The van der Waals surface area contributed by atoms with Gasteiger partial charge >= 0.3 is 0 Å². The molecule has 0 aromatic carbocycles. The third kappa shape index (κ3) is 2.24. The van der Waals surface area contributed by atoms with Crippen molar-refractivity contribution in [2.24, 2.45) is 0 Å². The van der Waals surface area contributed by atoms with Crippen LogP contribution in [-0.4, -0.2) is 41.1 Å². The Balaban J connectivity index is 2.14. The van der Waals surface area contributed by atoms with Gasteiger partial charge in [0.05, 0.1) is 6.10 Å². The first-order valence-corrected chi connectivity index (χ1v) is 4.41. The quantitative estimate of drug-likeness (QED) is 0.645. The van der Waals surface area contributed by atoms with Crippen LogP contribution in [-0.2, 0) is 0 Å². The van der Waals surface area contributed by atoms with Crippen LogP contribution < -0.4 is 0 Å². The highest BCUT2D eigenvalue weighted by Gasteiger charge is 2.18. The lowest BCUT2D eigenvalue weighted by Gasteiger charge is -2.11. The molecule has 3 heteroatoms. The summed E-state index contributed by atoms with van der Waals surface area (Å²) in [5.41, 5.74) is 0. The first kappa shape index (κ1) is 7.51. The molecule has 0 bridgehead atoms. The zero-order valence-corrected chi connectivity index (χ0v) is 6.97. The maximum absolute atomic E-state index is 9.07. The zero-order valence-electron chi connectivity index (χ0n) is 5.39. The van der Waals surface area contributed by atoms with Gasteiger partial charge in [0.2, 0.25) is 0 Å². The van der Waals surface area contributed by atoms with Gasteiger partial charge in [0.15, 0.2) is 0 Å². The van der Waals surface area contributed by atoms with Crippen molar-refractivity contribution in [3.8, 4) is 0 Å². The van der Waals surface area contributed by atoms with Crippen molar-refractivity contribution in [2.75, 3.05) is 25.0 Å². The molecule has 2 nitrogen and oxygen atoms in total. The van der Waals surface area contributed by atoms with E-state index >= 15 is 0 Å². The van der Waals surface area contributed by atoms with Crippen LogP contribution >= 0.6 is 15.9 Å². The van der Waals surface area contributed by atoms with E-state index in [4.69, 9.17) is 5.11 Å². The second kappa shape index (κ2) is 3.54. The van der Waals surface area contributed by atoms with Crippen molar-refractivity contribution in [3.63, 3.8) is 0 Å². The van der Waals surface area contributed by atoms with Gasteiger partial charge in [-0.3, -0.25) is 4.90 Å². The minimum absolute atomic E-state index is 0.0657. The van der Waals surface area contributed by atoms with E-state index in [-0.39, 0.29) is 6.10 Å². The number of nitrogens with zero attached hydrogens (tertiary/aromatic N) is 1. The molecule has 0 aliphatic carbocycles. The van der Waals surface area contributed by atoms with Gasteiger partial charge in [-0.15, -0.1) is 0 Å². The summed E-state index contributed by atoms with van der Waals surface area (Å²) >= 11 is 3.36. The Labute approximate surface area is 64.0 Å². The Bertz CT molecular complexity index is 87.1. The molecule has 54 valence electrons. The number of hydrogen-bond acceptors (Lipinski definition) is 2. The van der Waals surface area contributed by atoms with E-state index in [1.807, 2.05) is 0 Å².